The van der Waals surface area contributed by atoms with E-state index in [1.807, 2.05) is 30.3 Å². The molecule has 0 unspecified atom stereocenters. The second-order valence-corrected chi connectivity index (χ2v) is 9.45. The molecule has 0 heterocycles. The van der Waals surface area contributed by atoms with Gasteiger partial charge in [-0.05, 0) is 28.8 Å². The number of hydrogen-bond donors (Lipinski definition) is 6. The predicted molar refractivity (Wildman–Crippen MR) is 164 cm³/mol. The van der Waals surface area contributed by atoms with E-state index in [0.717, 1.165) is 12.7 Å². The molecule has 0 spiro atoms. The number of nitrogens with one attached hydrogen (secondary N) is 5. The molecule has 15 heteroatoms. The van der Waals surface area contributed by atoms with Crippen molar-refractivity contribution in [2.24, 2.45) is 5.10 Å². The fourth-order valence-electron chi connectivity index (χ4n) is 3.82. The van der Waals surface area contributed by atoms with Gasteiger partial charge in [0.25, 0.3) is 0 Å². The Balaban J connectivity index is 1.45. The number of rotatable bonds is 14. The molecule has 0 saturated heterocycles. The first kappa shape index (κ1) is 34.2. The van der Waals surface area contributed by atoms with Crippen molar-refractivity contribution >= 4 is 47.8 Å². The molecule has 0 saturated carbocycles. The standard InChI is InChI=1S/C31H32N6O9/c1-45-29(42)27(22-10-6-3-7-11-22)36-28(41)24(16-26(39)40)35-25(38)18-32-30(43)34-23-14-12-20(13-15-23)17-33-37-31(44)46-19-21-8-4-2-5-9-21/h2-15,17,24,27H,16,18-19H2,1H3,(H,35,38)(H,36,41)(H,37,44)(H,39,40)(H2,32,34,43)/t24-,27-/m0/s1. The van der Waals surface area contributed by atoms with Gasteiger partial charge in [-0.1, -0.05) is 72.8 Å². The van der Waals surface area contributed by atoms with Gasteiger partial charge in [0.15, 0.2) is 6.04 Å². The van der Waals surface area contributed by atoms with Crippen molar-refractivity contribution in [2.45, 2.75) is 25.1 Å². The third-order valence-corrected chi connectivity index (χ3v) is 6.05. The van der Waals surface area contributed by atoms with Crippen LogP contribution in [0, 0.1) is 0 Å². The molecule has 0 bridgehead atoms. The smallest absolute Gasteiger partial charge is 0.428 e. The number of nitrogens with zero attached hydrogens (tertiary/aromatic N) is 1. The highest BCUT2D eigenvalue weighted by molar-refractivity contribution is 5.96. The van der Waals surface area contributed by atoms with Crippen molar-refractivity contribution in [3.05, 3.63) is 102 Å². The van der Waals surface area contributed by atoms with Crippen molar-refractivity contribution in [2.75, 3.05) is 19.0 Å². The number of carbonyl (C=O) groups excluding carboxylic acids is 5. The first-order valence-corrected chi connectivity index (χ1v) is 13.7. The summed E-state index contributed by atoms with van der Waals surface area (Å²) in [5, 5.41) is 22.5. The molecule has 3 rings (SSSR count). The largest absolute Gasteiger partial charge is 0.481 e. The van der Waals surface area contributed by atoms with E-state index in [-0.39, 0.29) is 6.61 Å². The minimum Gasteiger partial charge on any atom is -0.481 e. The van der Waals surface area contributed by atoms with Gasteiger partial charge in [0.05, 0.1) is 26.3 Å². The van der Waals surface area contributed by atoms with Crippen LogP contribution < -0.4 is 26.7 Å². The number of methoxy groups -OCH3 is 1. The van der Waals surface area contributed by atoms with E-state index in [1.165, 1.54) is 6.21 Å². The van der Waals surface area contributed by atoms with Crippen LogP contribution in [0.2, 0.25) is 0 Å². The van der Waals surface area contributed by atoms with Gasteiger partial charge in [-0.3, -0.25) is 14.4 Å². The fraction of sp³-hybridized carbons (Fsp3) is 0.194. The zero-order valence-corrected chi connectivity index (χ0v) is 24.6. The molecule has 5 amide bonds. The van der Waals surface area contributed by atoms with Gasteiger partial charge in [0.2, 0.25) is 11.8 Å². The van der Waals surface area contributed by atoms with Gasteiger partial charge >= 0.3 is 24.1 Å². The molecule has 0 aliphatic rings. The predicted octanol–water partition coefficient (Wildman–Crippen LogP) is 2.06. The zero-order valence-electron chi connectivity index (χ0n) is 24.6. The first-order chi connectivity index (χ1) is 22.1. The highest BCUT2D eigenvalue weighted by atomic mass is 16.6. The molecule has 3 aromatic carbocycles. The summed E-state index contributed by atoms with van der Waals surface area (Å²) in [6.07, 6.45) is -0.145. The number of hydrogen-bond acceptors (Lipinski definition) is 9. The Hall–Kier alpha value is -6.25. The summed E-state index contributed by atoms with van der Waals surface area (Å²) in [5.41, 5.74) is 4.42. The van der Waals surface area contributed by atoms with Crippen molar-refractivity contribution in [1.29, 1.82) is 0 Å². The lowest BCUT2D eigenvalue weighted by molar-refractivity contribution is -0.146. The van der Waals surface area contributed by atoms with Crippen molar-refractivity contribution in [3.8, 4) is 0 Å². The van der Waals surface area contributed by atoms with E-state index in [1.54, 1.807) is 54.6 Å². The lowest BCUT2D eigenvalue weighted by atomic mass is 10.1. The molecule has 0 aromatic heterocycles. The number of benzene rings is 3. The second-order valence-electron chi connectivity index (χ2n) is 9.45. The molecule has 0 aliphatic carbocycles. The Morgan fingerprint density at radius 1 is 0.870 bits per heavy atom. The Kier molecular flexibility index (Phi) is 13.2. The van der Waals surface area contributed by atoms with Gasteiger partial charge in [-0.25, -0.2) is 19.8 Å². The fourth-order valence-corrected chi connectivity index (χ4v) is 3.82. The highest BCUT2D eigenvalue weighted by Gasteiger charge is 2.30. The number of carbonyl (C=O) groups is 6. The molecule has 0 aliphatic heterocycles. The number of hydrazone groups is 1. The van der Waals surface area contributed by atoms with Crippen molar-refractivity contribution < 1.29 is 43.3 Å². The third-order valence-electron chi connectivity index (χ3n) is 6.05. The molecular formula is C31H32N6O9. The maximum atomic E-state index is 12.9. The molecule has 2 atom stereocenters. The number of amides is 5. The minimum absolute atomic E-state index is 0.0940. The van der Waals surface area contributed by atoms with E-state index in [4.69, 9.17) is 9.47 Å². The van der Waals surface area contributed by atoms with Crippen LogP contribution in [0.5, 0.6) is 0 Å². The summed E-state index contributed by atoms with van der Waals surface area (Å²) in [5.74, 6) is -3.98. The van der Waals surface area contributed by atoms with E-state index in [9.17, 15) is 33.9 Å². The Bertz CT molecular complexity index is 1530. The SMILES string of the molecule is COC(=O)[C@@H](NC(=O)[C@H](CC(=O)O)NC(=O)CNC(=O)Nc1ccc(C=NNC(=O)OCc2ccccc2)cc1)c1ccccc1. The lowest BCUT2D eigenvalue weighted by Gasteiger charge is -2.21. The molecule has 0 radical (unpaired) electrons. The quantitative estimate of drug-likeness (QED) is 0.0870. The van der Waals surface area contributed by atoms with E-state index in [0.29, 0.717) is 16.8 Å². The van der Waals surface area contributed by atoms with Crippen LogP contribution in [-0.2, 0) is 35.3 Å². The van der Waals surface area contributed by atoms with Crippen LogP contribution >= 0.6 is 0 Å². The van der Waals surface area contributed by atoms with Crippen molar-refractivity contribution in [3.63, 3.8) is 0 Å². The molecule has 15 nitrogen and oxygen atoms in total. The topological polar surface area (TPSA) is 214 Å². The molecule has 6 N–H and O–H groups in total. The molecule has 240 valence electrons. The second kappa shape index (κ2) is 17.8. The monoisotopic (exact) mass is 632 g/mol. The number of carboxylic acid groups (broad SMARTS) is 1. The van der Waals surface area contributed by atoms with Crippen LogP contribution in [0.3, 0.4) is 0 Å². The number of ether oxygens (including phenoxy) is 2. The maximum Gasteiger partial charge on any atom is 0.428 e. The van der Waals surface area contributed by atoms with Gasteiger partial charge in [0, 0.05) is 5.69 Å². The molecular weight excluding hydrogens is 600 g/mol. The Morgan fingerprint density at radius 3 is 2.15 bits per heavy atom. The van der Waals surface area contributed by atoms with Gasteiger partial charge in [0.1, 0.15) is 12.6 Å². The summed E-state index contributed by atoms with van der Waals surface area (Å²) in [7, 11) is 1.13. The van der Waals surface area contributed by atoms with Gasteiger partial charge in [-0.15, -0.1) is 0 Å². The number of carboxylic acids is 1. The van der Waals surface area contributed by atoms with Gasteiger partial charge in [-0.2, -0.15) is 5.10 Å². The van der Waals surface area contributed by atoms with Crippen LogP contribution in [0.15, 0.2) is 90.0 Å². The lowest BCUT2D eigenvalue weighted by Crippen LogP contribution is -2.52. The Morgan fingerprint density at radius 2 is 1.52 bits per heavy atom. The molecule has 0 fully saturated rings. The average Bonchev–Trinajstić information content (AvgIpc) is 3.06. The maximum absolute atomic E-state index is 12.9. The van der Waals surface area contributed by atoms with E-state index < -0.39 is 60.9 Å². The minimum atomic E-state index is -1.56. The number of urea groups is 1. The third kappa shape index (κ3) is 11.8. The van der Waals surface area contributed by atoms with E-state index in [2.05, 4.69) is 31.8 Å². The average molecular weight is 633 g/mol. The summed E-state index contributed by atoms with van der Waals surface area (Å²) in [6, 6.07) is 20.0. The summed E-state index contributed by atoms with van der Waals surface area (Å²) >= 11 is 0. The van der Waals surface area contributed by atoms with Crippen LogP contribution in [0.4, 0.5) is 15.3 Å². The summed E-state index contributed by atoms with van der Waals surface area (Å²) < 4.78 is 9.79. The summed E-state index contributed by atoms with van der Waals surface area (Å²) in [6.45, 7) is -0.498. The Labute approximate surface area is 263 Å². The van der Waals surface area contributed by atoms with Crippen LogP contribution in [0.1, 0.15) is 29.2 Å². The number of esters is 1. The summed E-state index contributed by atoms with van der Waals surface area (Å²) in [4.78, 5) is 73.1. The molecule has 46 heavy (non-hydrogen) atoms. The van der Waals surface area contributed by atoms with Crippen LogP contribution in [0.25, 0.3) is 0 Å². The van der Waals surface area contributed by atoms with E-state index >= 15 is 0 Å². The first-order valence-electron chi connectivity index (χ1n) is 13.7. The number of anilines is 1. The number of aliphatic carboxylic acids is 1. The van der Waals surface area contributed by atoms with Gasteiger partial charge < -0.3 is 35.8 Å². The zero-order chi connectivity index (χ0) is 33.3. The highest BCUT2D eigenvalue weighted by Crippen LogP contribution is 2.15. The van der Waals surface area contributed by atoms with Crippen molar-refractivity contribution in [1.82, 2.24) is 21.4 Å². The van der Waals surface area contributed by atoms with Crippen LogP contribution in [-0.4, -0.2) is 66.9 Å². The molecule has 3 aromatic rings. The normalized spacial score (nSPS) is 11.8.